The van der Waals surface area contributed by atoms with E-state index in [1.807, 2.05) is 0 Å². The predicted octanol–water partition coefficient (Wildman–Crippen LogP) is 7.45. The molecule has 2 aliphatic carbocycles. The van der Waals surface area contributed by atoms with Gasteiger partial charge in [-0.05, 0) is 79.5 Å². The quantitative estimate of drug-likeness (QED) is 0.305. The molecule has 0 heteroatoms. The highest BCUT2D eigenvalue weighted by atomic mass is 14.4. The molecular formula is C28H24. The summed E-state index contributed by atoms with van der Waals surface area (Å²) in [6.45, 7) is 9.49. The van der Waals surface area contributed by atoms with E-state index in [1.54, 1.807) is 0 Å². The molecule has 0 heterocycles. The Morgan fingerprint density at radius 1 is 0.429 bits per heavy atom. The number of hydrogen-bond donors (Lipinski definition) is 0. The zero-order valence-electron chi connectivity index (χ0n) is 16.9. The van der Waals surface area contributed by atoms with E-state index in [1.165, 1.54) is 55.3 Å². The number of benzene rings is 4. The van der Waals surface area contributed by atoms with E-state index >= 15 is 0 Å². The van der Waals surface area contributed by atoms with Gasteiger partial charge >= 0.3 is 0 Å². The van der Waals surface area contributed by atoms with Crippen LogP contribution in [0.3, 0.4) is 0 Å². The van der Waals surface area contributed by atoms with Gasteiger partial charge in [-0.3, -0.25) is 0 Å². The standard InChI is InChI=1S/C28H24/c1-27(2)23-12-8-7-11-19(23)21-15-26-22(16-25(21)27)20-13-17-9-5-6-10-18(17)14-24(20)28(26,3)4/h5-16H,1-4H3. The van der Waals surface area contributed by atoms with Gasteiger partial charge < -0.3 is 0 Å². The number of fused-ring (bicyclic) bond motifs is 7. The van der Waals surface area contributed by atoms with Crippen LogP contribution in [-0.2, 0) is 10.8 Å². The van der Waals surface area contributed by atoms with Crippen LogP contribution >= 0.6 is 0 Å². The fourth-order valence-corrected chi connectivity index (χ4v) is 5.61. The van der Waals surface area contributed by atoms with Crippen molar-refractivity contribution >= 4 is 10.8 Å². The van der Waals surface area contributed by atoms with Crippen LogP contribution < -0.4 is 0 Å². The second-order valence-electron chi connectivity index (χ2n) is 9.48. The lowest BCUT2D eigenvalue weighted by Gasteiger charge is -2.24. The Balaban J connectivity index is 1.70. The molecule has 0 bridgehead atoms. The second-order valence-corrected chi connectivity index (χ2v) is 9.48. The minimum Gasteiger partial charge on any atom is -0.0619 e. The van der Waals surface area contributed by atoms with Crippen LogP contribution in [0.15, 0.2) is 72.8 Å². The van der Waals surface area contributed by atoms with Gasteiger partial charge in [-0.15, -0.1) is 0 Å². The first kappa shape index (κ1) is 16.1. The van der Waals surface area contributed by atoms with Gasteiger partial charge in [-0.2, -0.15) is 0 Å². The maximum Gasteiger partial charge on any atom is 0.0159 e. The summed E-state index contributed by atoms with van der Waals surface area (Å²) in [4.78, 5) is 0. The van der Waals surface area contributed by atoms with E-state index < -0.39 is 0 Å². The second kappa shape index (κ2) is 4.94. The van der Waals surface area contributed by atoms with Crippen molar-refractivity contribution in [2.24, 2.45) is 0 Å². The first-order chi connectivity index (χ1) is 13.4. The fraction of sp³-hybridized carbons (Fsp3) is 0.214. The molecule has 0 fully saturated rings. The van der Waals surface area contributed by atoms with Crippen molar-refractivity contribution in [3.8, 4) is 22.3 Å². The molecule has 4 aromatic rings. The Hall–Kier alpha value is -2.86. The van der Waals surface area contributed by atoms with Crippen molar-refractivity contribution in [1.82, 2.24) is 0 Å². The highest BCUT2D eigenvalue weighted by Gasteiger charge is 2.41. The minimum atomic E-state index is 0.0193. The first-order valence-electron chi connectivity index (χ1n) is 10.2. The van der Waals surface area contributed by atoms with Crippen LogP contribution in [0.1, 0.15) is 49.9 Å². The largest absolute Gasteiger partial charge is 0.0619 e. The van der Waals surface area contributed by atoms with Gasteiger partial charge in [-0.25, -0.2) is 0 Å². The lowest BCUT2D eigenvalue weighted by molar-refractivity contribution is 0.652. The van der Waals surface area contributed by atoms with Gasteiger partial charge in [0.15, 0.2) is 0 Å². The monoisotopic (exact) mass is 360 g/mol. The normalized spacial score (nSPS) is 17.1. The summed E-state index contributed by atoms with van der Waals surface area (Å²) >= 11 is 0. The predicted molar refractivity (Wildman–Crippen MR) is 119 cm³/mol. The fourth-order valence-electron chi connectivity index (χ4n) is 5.61. The smallest absolute Gasteiger partial charge is 0.0159 e. The molecule has 0 aliphatic heterocycles. The summed E-state index contributed by atoms with van der Waals surface area (Å²) in [5.41, 5.74) is 11.6. The van der Waals surface area contributed by atoms with Crippen molar-refractivity contribution < 1.29 is 0 Å². The molecule has 0 atom stereocenters. The third-order valence-corrected chi connectivity index (χ3v) is 7.24. The van der Waals surface area contributed by atoms with E-state index in [4.69, 9.17) is 0 Å². The van der Waals surface area contributed by atoms with E-state index in [0.717, 1.165) is 0 Å². The first-order valence-corrected chi connectivity index (χ1v) is 10.2. The Labute approximate surface area is 166 Å². The van der Waals surface area contributed by atoms with Crippen LogP contribution in [-0.4, -0.2) is 0 Å². The molecule has 2 aliphatic rings. The molecule has 0 spiro atoms. The summed E-state index contributed by atoms with van der Waals surface area (Å²) in [5.74, 6) is 0. The topological polar surface area (TPSA) is 0 Å². The summed E-state index contributed by atoms with van der Waals surface area (Å²) in [5, 5.41) is 2.66. The lowest BCUT2D eigenvalue weighted by atomic mass is 9.79. The van der Waals surface area contributed by atoms with Gasteiger partial charge in [0.25, 0.3) is 0 Å². The Kier molecular flexibility index (Phi) is 2.85. The Bertz CT molecular complexity index is 1300. The van der Waals surface area contributed by atoms with Crippen LogP contribution in [0.4, 0.5) is 0 Å². The van der Waals surface area contributed by atoms with Crippen LogP contribution in [0.5, 0.6) is 0 Å². The van der Waals surface area contributed by atoms with Crippen LogP contribution in [0.25, 0.3) is 33.0 Å². The molecule has 0 amide bonds. The lowest BCUT2D eigenvalue weighted by Crippen LogP contribution is -2.17. The van der Waals surface area contributed by atoms with Crippen molar-refractivity contribution in [1.29, 1.82) is 0 Å². The van der Waals surface area contributed by atoms with Gasteiger partial charge in [0.2, 0.25) is 0 Å². The Morgan fingerprint density at radius 2 is 0.893 bits per heavy atom. The molecule has 0 saturated carbocycles. The van der Waals surface area contributed by atoms with Gasteiger partial charge in [0.05, 0.1) is 0 Å². The molecule has 28 heavy (non-hydrogen) atoms. The number of rotatable bonds is 0. The SMILES string of the molecule is CC1(C)c2ccccc2-c2cc3c(cc21)-c1cc2ccccc2cc1C3(C)C. The van der Waals surface area contributed by atoms with Crippen molar-refractivity contribution in [3.05, 3.63) is 95.1 Å². The van der Waals surface area contributed by atoms with E-state index in [2.05, 4.69) is 100 Å². The summed E-state index contributed by atoms with van der Waals surface area (Å²) in [7, 11) is 0. The van der Waals surface area contributed by atoms with E-state index in [-0.39, 0.29) is 10.8 Å². The maximum absolute atomic E-state index is 2.49. The molecular weight excluding hydrogens is 336 g/mol. The molecule has 0 radical (unpaired) electrons. The molecule has 0 aromatic heterocycles. The molecule has 0 nitrogen and oxygen atoms in total. The molecule has 0 saturated heterocycles. The summed E-state index contributed by atoms with van der Waals surface area (Å²) < 4.78 is 0. The molecule has 0 N–H and O–H groups in total. The Morgan fingerprint density at radius 3 is 1.61 bits per heavy atom. The highest BCUT2D eigenvalue weighted by molar-refractivity contribution is 5.95. The van der Waals surface area contributed by atoms with Crippen LogP contribution in [0.2, 0.25) is 0 Å². The van der Waals surface area contributed by atoms with Crippen molar-refractivity contribution in [2.75, 3.05) is 0 Å². The van der Waals surface area contributed by atoms with E-state index in [9.17, 15) is 0 Å². The molecule has 4 aromatic carbocycles. The van der Waals surface area contributed by atoms with Crippen molar-refractivity contribution in [3.63, 3.8) is 0 Å². The molecule has 136 valence electrons. The van der Waals surface area contributed by atoms with Crippen molar-refractivity contribution in [2.45, 2.75) is 38.5 Å². The van der Waals surface area contributed by atoms with E-state index in [0.29, 0.717) is 0 Å². The zero-order chi connectivity index (χ0) is 19.3. The minimum absolute atomic E-state index is 0.0193. The summed E-state index contributed by atoms with van der Waals surface area (Å²) in [6.07, 6.45) is 0. The van der Waals surface area contributed by atoms with Gasteiger partial charge in [0, 0.05) is 10.8 Å². The third kappa shape index (κ3) is 1.81. The molecule has 6 rings (SSSR count). The third-order valence-electron chi connectivity index (χ3n) is 7.24. The average molecular weight is 361 g/mol. The van der Waals surface area contributed by atoms with Gasteiger partial charge in [0.1, 0.15) is 0 Å². The molecule has 0 unspecified atom stereocenters. The van der Waals surface area contributed by atoms with Crippen LogP contribution in [0, 0.1) is 0 Å². The van der Waals surface area contributed by atoms with Gasteiger partial charge in [-0.1, -0.05) is 76.2 Å². The maximum atomic E-state index is 2.49. The number of hydrogen-bond acceptors (Lipinski definition) is 0. The zero-order valence-corrected chi connectivity index (χ0v) is 16.9. The average Bonchev–Trinajstić information content (AvgIpc) is 3.05. The highest BCUT2D eigenvalue weighted by Crippen LogP contribution is 2.56. The summed E-state index contributed by atoms with van der Waals surface area (Å²) in [6, 6.07) is 27.5.